The Morgan fingerprint density at radius 3 is 2.43 bits per heavy atom. The molecule has 1 atom stereocenters. The topological polar surface area (TPSA) is 75.3 Å². The molecular formula is C13H16F2N2O3S. The third-order valence-electron chi connectivity index (χ3n) is 3.43. The summed E-state index contributed by atoms with van der Waals surface area (Å²) in [5.74, 6) is -2.33. The summed E-state index contributed by atoms with van der Waals surface area (Å²) in [7, 11) is -1.63. The van der Waals surface area contributed by atoms with Crippen molar-refractivity contribution in [2.75, 3.05) is 30.4 Å². The fourth-order valence-corrected chi connectivity index (χ4v) is 4.18. The highest BCUT2D eigenvalue weighted by atomic mass is 32.2. The maximum absolute atomic E-state index is 13.6. The lowest BCUT2D eigenvalue weighted by molar-refractivity contribution is 0.0947. The quantitative estimate of drug-likeness (QED) is 0.874. The van der Waals surface area contributed by atoms with Crippen molar-refractivity contribution in [2.45, 2.75) is 6.42 Å². The van der Waals surface area contributed by atoms with Crippen LogP contribution >= 0.6 is 0 Å². The zero-order valence-electron chi connectivity index (χ0n) is 11.4. The molecule has 5 nitrogen and oxygen atoms in total. The van der Waals surface area contributed by atoms with E-state index in [2.05, 4.69) is 10.6 Å². The molecule has 1 aliphatic rings. The van der Waals surface area contributed by atoms with Crippen LogP contribution in [0.5, 0.6) is 0 Å². The fourth-order valence-electron chi connectivity index (χ4n) is 2.32. The molecule has 1 saturated heterocycles. The van der Waals surface area contributed by atoms with E-state index < -0.39 is 27.4 Å². The van der Waals surface area contributed by atoms with Gasteiger partial charge in [-0.1, -0.05) is 0 Å². The van der Waals surface area contributed by atoms with E-state index >= 15 is 0 Å². The van der Waals surface area contributed by atoms with E-state index in [1.165, 1.54) is 7.05 Å². The van der Waals surface area contributed by atoms with Gasteiger partial charge in [0.2, 0.25) is 0 Å². The Bertz CT molecular complexity index is 638. The van der Waals surface area contributed by atoms with Crippen LogP contribution < -0.4 is 10.6 Å². The lowest BCUT2D eigenvalue weighted by Gasteiger charge is -2.11. The molecule has 1 unspecified atom stereocenters. The van der Waals surface area contributed by atoms with Gasteiger partial charge in [-0.25, -0.2) is 17.2 Å². The smallest absolute Gasteiger partial charge is 0.251 e. The van der Waals surface area contributed by atoms with Gasteiger partial charge in [-0.2, -0.15) is 0 Å². The highest BCUT2D eigenvalue weighted by Gasteiger charge is 2.28. The molecule has 116 valence electrons. The third-order valence-corrected chi connectivity index (χ3v) is 5.27. The van der Waals surface area contributed by atoms with E-state index in [9.17, 15) is 22.0 Å². The van der Waals surface area contributed by atoms with Gasteiger partial charge < -0.3 is 10.6 Å². The van der Waals surface area contributed by atoms with Crippen LogP contribution in [0.3, 0.4) is 0 Å². The lowest BCUT2D eigenvalue weighted by Crippen LogP contribution is -2.30. The van der Waals surface area contributed by atoms with Crippen LogP contribution in [0.4, 0.5) is 14.5 Å². The van der Waals surface area contributed by atoms with Crippen LogP contribution in [-0.2, 0) is 9.84 Å². The van der Waals surface area contributed by atoms with Gasteiger partial charge in [0, 0.05) is 19.2 Å². The molecule has 1 aromatic rings. The molecule has 21 heavy (non-hydrogen) atoms. The van der Waals surface area contributed by atoms with Gasteiger partial charge in [-0.3, -0.25) is 4.79 Å². The Morgan fingerprint density at radius 2 is 1.95 bits per heavy atom. The summed E-state index contributed by atoms with van der Waals surface area (Å²) in [6.45, 7) is 0.176. The summed E-state index contributed by atoms with van der Waals surface area (Å²) in [6.07, 6.45) is 0.490. The van der Waals surface area contributed by atoms with Gasteiger partial charge in [-0.15, -0.1) is 0 Å². The van der Waals surface area contributed by atoms with Gasteiger partial charge in [0.25, 0.3) is 5.91 Å². The van der Waals surface area contributed by atoms with Crippen LogP contribution in [0.15, 0.2) is 12.1 Å². The van der Waals surface area contributed by atoms with E-state index in [1.54, 1.807) is 0 Å². The maximum atomic E-state index is 13.6. The molecule has 1 aromatic carbocycles. The van der Waals surface area contributed by atoms with Crippen molar-refractivity contribution in [2.24, 2.45) is 5.92 Å². The molecule has 0 aliphatic carbocycles. The van der Waals surface area contributed by atoms with Crippen molar-refractivity contribution in [3.05, 3.63) is 29.3 Å². The standard InChI is InChI=1S/C13H16F2N2O3S/c1-16-12-10(14)4-9(5-11(12)15)13(18)17-6-8-2-3-21(19,20)7-8/h4-5,8,16H,2-3,6-7H2,1H3,(H,17,18). The Kier molecular flexibility index (Phi) is 4.46. The van der Waals surface area contributed by atoms with Crippen LogP contribution in [0.2, 0.25) is 0 Å². The summed E-state index contributed by atoms with van der Waals surface area (Å²) in [4.78, 5) is 11.9. The first-order chi connectivity index (χ1) is 9.82. The highest BCUT2D eigenvalue weighted by Crippen LogP contribution is 2.21. The summed E-state index contributed by atoms with van der Waals surface area (Å²) in [5, 5.41) is 4.88. The molecule has 1 aliphatic heterocycles. The molecule has 0 bridgehead atoms. The average molecular weight is 318 g/mol. The molecule has 0 spiro atoms. The van der Waals surface area contributed by atoms with Gasteiger partial charge in [-0.05, 0) is 24.5 Å². The molecule has 1 fully saturated rings. The second kappa shape index (κ2) is 5.97. The lowest BCUT2D eigenvalue weighted by atomic mass is 10.1. The second-order valence-corrected chi connectivity index (χ2v) is 7.27. The molecule has 8 heteroatoms. The van der Waals surface area contributed by atoms with E-state index in [0.29, 0.717) is 6.42 Å². The van der Waals surface area contributed by atoms with Crippen molar-refractivity contribution in [3.8, 4) is 0 Å². The SMILES string of the molecule is CNc1c(F)cc(C(=O)NCC2CCS(=O)(=O)C2)cc1F. The van der Waals surface area contributed by atoms with Crippen LogP contribution in [-0.4, -0.2) is 39.4 Å². The number of nitrogens with one attached hydrogen (secondary N) is 2. The first-order valence-electron chi connectivity index (χ1n) is 6.48. The summed E-state index contributed by atoms with van der Waals surface area (Å²) in [6, 6.07) is 1.88. The predicted molar refractivity (Wildman–Crippen MR) is 75.0 cm³/mol. The largest absolute Gasteiger partial charge is 0.383 e. The number of sulfone groups is 1. The Balaban J connectivity index is 2.01. The van der Waals surface area contributed by atoms with E-state index in [-0.39, 0.29) is 35.2 Å². The highest BCUT2D eigenvalue weighted by molar-refractivity contribution is 7.91. The maximum Gasteiger partial charge on any atom is 0.251 e. The number of halogens is 2. The van der Waals surface area contributed by atoms with Crippen LogP contribution in [0.1, 0.15) is 16.8 Å². The first-order valence-corrected chi connectivity index (χ1v) is 8.30. The average Bonchev–Trinajstić information content (AvgIpc) is 2.75. The Morgan fingerprint density at radius 1 is 1.33 bits per heavy atom. The number of rotatable bonds is 4. The molecule has 1 amide bonds. The van der Waals surface area contributed by atoms with Crippen molar-refractivity contribution >= 4 is 21.4 Å². The zero-order valence-corrected chi connectivity index (χ0v) is 12.3. The van der Waals surface area contributed by atoms with E-state index in [4.69, 9.17) is 0 Å². The number of amides is 1. The monoisotopic (exact) mass is 318 g/mol. The van der Waals surface area contributed by atoms with Gasteiger partial charge in [0.05, 0.1) is 11.5 Å². The van der Waals surface area contributed by atoms with Crippen LogP contribution in [0, 0.1) is 17.6 Å². The van der Waals surface area contributed by atoms with Gasteiger partial charge in [0.1, 0.15) is 17.3 Å². The minimum absolute atomic E-state index is 0.0364. The number of carbonyl (C=O) groups is 1. The second-order valence-electron chi connectivity index (χ2n) is 5.04. The van der Waals surface area contributed by atoms with Crippen molar-refractivity contribution < 1.29 is 22.0 Å². The molecular weight excluding hydrogens is 302 g/mol. The summed E-state index contributed by atoms with van der Waals surface area (Å²) >= 11 is 0. The van der Waals surface area contributed by atoms with E-state index in [1.807, 2.05) is 0 Å². The molecule has 0 saturated carbocycles. The number of anilines is 1. The summed E-state index contributed by atoms with van der Waals surface area (Å²) < 4.78 is 49.7. The Labute approximate surface area is 121 Å². The minimum Gasteiger partial charge on any atom is -0.383 e. The van der Waals surface area contributed by atoms with Gasteiger partial charge >= 0.3 is 0 Å². The van der Waals surface area contributed by atoms with Crippen molar-refractivity contribution in [3.63, 3.8) is 0 Å². The van der Waals surface area contributed by atoms with Gasteiger partial charge in [0.15, 0.2) is 9.84 Å². The first kappa shape index (κ1) is 15.7. The summed E-state index contributed by atoms with van der Waals surface area (Å²) in [5.41, 5.74) is -0.432. The number of benzene rings is 1. The fraction of sp³-hybridized carbons (Fsp3) is 0.462. The number of carbonyl (C=O) groups excluding carboxylic acids is 1. The molecule has 0 radical (unpaired) electrons. The minimum atomic E-state index is -3.01. The number of hydrogen-bond donors (Lipinski definition) is 2. The Hall–Kier alpha value is -1.70. The van der Waals surface area contributed by atoms with Crippen molar-refractivity contribution in [1.82, 2.24) is 5.32 Å². The predicted octanol–water partition coefficient (Wildman–Crippen LogP) is 1.17. The molecule has 0 aromatic heterocycles. The molecule has 1 heterocycles. The number of hydrogen-bond acceptors (Lipinski definition) is 4. The normalized spacial score (nSPS) is 20.2. The van der Waals surface area contributed by atoms with Crippen molar-refractivity contribution in [1.29, 1.82) is 0 Å². The van der Waals surface area contributed by atoms with E-state index in [0.717, 1.165) is 12.1 Å². The van der Waals surface area contributed by atoms with Crippen LogP contribution in [0.25, 0.3) is 0 Å². The molecule has 2 rings (SSSR count). The zero-order chi connectivity index (χ0) is 15.6. The molecule has 2 N–H and O–H groups in total. The third kappa shape index (κ3) is 3.69.